The van der Waals surface area contributed by atoms with Crippen molar-refractivity contribution in [3.8, 4) is 17.6 Å². The number of nitriles is 1. The fourth-order valence-electron chi connectivity index (χ4n) is 2.45. The summed E-state index contributed by atoms with van der Waals surface area (Å²) in [6, 6.07) is 6.39. The van der Waals surface area contributed by atoms with Crippen LogP contribution in [-0.2, 0) is 4.79 Å². The standard InChI is InChI=1S/C18H11F2N3O5/c19-12-1-2-13(20)10(6-12)5-11(9-21)18(24)22-14-7-16-17(28-4-3-27-16)8-15(14)23(25)26/h1-2,5-8H,3-4H2,(H,22,24)/b11-5+. The lowest BCUT2D eigenvalue weighted by atomic mass is 10.1. The van der Waals surface area contributed by atoms with Gasteiger partial charge < -0.3 is 14.8 Å². The van der Waals surface area contributed by atoms with Gasteiger partial charge in [0.25, 0.3) is 11.6 Å². The molecule has 0 spiro atoms. The summed E-state index contributed by atoms with van der Waals surface area (Å²) < 4.78 is 37.6. The van der Waals surface area contributed by atoms with Gasteiger partial charge >= 0.3 is 0 Å². The molecule has 0 saturated carbocycles. The first-order chi connectivity index (χ1) is 13.4. The number of carbonyl (C=O) groups is 1. The average molecular weight is 387 g/mol. The number of hydrogen-bond donors (Lipinski definition) is 1. The topological polar surface area (TPSA) is 114 Å². The second kappa shape index (κ2) is 7.71. The molecule has 8 nitrogen and oxygen atoms in total. The maximum atomic E-state index is 13.7. The third-order valence-electron chi connectivity index (χ3n) is 3.73. The number of anilines is 1. The van der Waals surface area contributed by atoms with Crippen LogP contribution in [0.3, 0.4) is 0 Å². The molecule has 0 saturated heterocycles. The molecule has 2 aromatic rings. The van der Waals surface area contributed by atoms with E-state index in [1.807, 2.05) is 0 Å². The smallest absolute Gasteiger partial charge is 0.296 e. The Balaban J connectivity index is 1.95. The minimum atomic E-state index is -1.04. The highest BCUT2D eigenvalue weighted by molar-refractivity contribution is 6.10. The quantitative estimate of drug-likeness (QED) is 0.373. The van der Waals surface area contributed by atoms with Gasteiger partial charge in [0.1, 0.15) is 42.2 Å². The van der Waals surface area contributed by atoms with Gasteiger partial charge in [-0.3, -0.25) is 14.9 Å². The highest BCUT2D eigenvalue weighted by Crippen LogP contribution is 2.39. The molecule has 1 heterocycles. The summed E-state index contributed by atoms with van der Waals surface area (Å²) in [5, 5.41) is 22.7. The van der Waals surface area contributed by atoms with Crippen LogP contribution >= 0.6 is 0 Å². The van der Waals surface area contributed by atoms with Crippen LogP contribution in [0.1, 0.15) is 5.56 Å². The van der Waals surface area contributed by atoms with Crippen molar-refractivity contribution in [3.63, 3.8) is 0 Å². The van der Waals surface area contributed by atoms with E-state index in [9.17, 15) is 29.0 Å². The van der Waals surface area contributed by atoms with Crippen LogP contribution < -0.4 is 14.8 Å². The number of halogens is 2. The SMILES string of the molecule is N#C/C(=C\c1cc(F)ccc1F)C(=O)Nc1cc2c(cc1[N+](=O)[O-])OCCO2. The molecule has 0 unspecified atom stereocenters. The number of ether oxygens (including phenoxy) is 2. The molecule has 1 N–H and O–H groups in total. The number of nitro groups is 1. The van der Waals surface area contributed by atoms with Gasteiger partial charge in [0.15, 0.2) is 11.5 Å². The van der Waals surface area contributed by atoms with E-state index in [2.05, 4.69) is 5.32 Å². The molecule has 2 aromatic carbocycles. The van der Waals surface area contributed by atoms with Gasteiger partial charge in [-0.05, 0) is 24.3 Å². The summed E-state index contributed by atoms with van der Waals surface area (Å²) >= 11 is 0. The molecule has 0 aliphatic carbocycles. The third-order valence-corrected chi connectivity index (χ3v) is 3.73. The van der Waals surface area contributed by atoms with Crippen molar-refractivity contribution in [2.45, 2.75) is 0 Å². The van der Waals surface area contributed by atoms with Crippen molar-refractivity contribution in [2.75, 3.05) is 18.5 Å². The maximum absolute atomic E-state index is 13.7. The fraction of sp³-hybridized carbons (Fsp3) is 0.111. The lowest BCUT2D eigenvalue weighted by molar-refractivity contribution is -0.384. The van der Waals surface area contributed by atoms with Crippen molar-refractivity contribution >= 4 is 23.4 Å². The number of nitrogens with one attached hydrogen (secondary N) is 1. The summed E-state index contributed by atoms with van der Waals surface area (Å²) in [6.07, 6.45) is 0.845. The van der Waals surface area contributed by atoms with E-state index in [4.69, 9.17) is 9.47 Å². The normalized spacial score (nSPS) is 12.8. The van der Waals surface area contributed by atoms with Crippen LogP contribution in [0.2, 0.25) is 0 Å². The van der Waals surface area contributed by atoms with Gasteiger partial charge in [-0.25, -0.2) is 8.78 Å². The van der Waals surface area contributed by atoms with E-state index in [0.717, 1.165) is 30.3 Å². The van der Waals surface area contributed by atoms with E-state index in [0.29, 0.717) is 0 Å². The molecule has 1 aliphatic rings. The minimum absolute atomic E-state index is 0.147. The minimum Gasteiger partial charge on any atom is -0.486 e. The van der Waals surface area contributed by atoms with Gasteiger partial charge in [0, 0.05) is 11.6 Å². The van der Waals surface area contributed by atoms with Gasteiger partial charge in [0.2, 0.25) is 0 Å². The summed E-state index contributed by atoms with van der Waals surface area (Å²) in [4.78, 5) is 22.9. The Hall–Kier alpha value is -4.00. The van der Waals surface area contributed by atoms with Crippen molar-refractivity contribution in [3.05, 3.63) is 63.2 Å². The van der Waals surface area contributed by atoms with Crippen LogP contribution in [0.15, 0.2) is 35.9 Å². The molecule has 10 heteroatoms. The summed E-state index contributed by atoms with van der Waals surface area (Å²) in [6.45, 7) is 0.441. The lowest BCUT2D eigenvalue weighted by Gasteiger charge is -2.19. The summed E-state index contributed by atoms with van der Waals surface area (Å²) in [5.41, 5.74) is -1.61. The number of benzene rings is 2. The van der Waals surface area contributed by atoms with Crippen LogP contribution in [0.5, 0.6) is 11.5 Å². The van der Waals surface area contributed by atoms with Gasteiger partial charge in [-0.2, -0.15) is 5.26 Å². The number of amides is 1. The molecule has 0 aromatic heterocycles. The molecular formula is C18H11F2N3O5. The Kier molecular flexibility index (Phi) is 5.17. The zero-order valence-corrected chi connectivity index (χ0v) is 14.1. The predicted octanol–water partition coefficient (Wildman–Crippen LogP) is 3.19. The van der Waals surface area contributed by atoms with Crippen molar-refractivity contribution in [1.29, 1.82) is 5.26 Å². The molecule has 1 aliphatic heterocycles. The molecule has 1 amide bonds. The molecule has 0 fully saturated rings. The van der Waals surface area contributed by atoms with Crippen LogP contribution in [0, 0.1) is 33.1 Å². The van der Waals surface area contributed by atoms with Crippen molar-refractivity contribution in [1.82, 2.24) is 0 Å². The Morgan fingerprint density at radius 3 is 2.54 bits per heavy atom. The molecule has 0 radical (unpaired) electrons. The van der Waals surface area contributed by atoms with E-state index in [-0.39, 0.29) is 36.0 Å². The molecule has 0 bridgehead atoms. The Morgan fingerprint density at radius 1 is 1.21 bits per heavy atom. The van der Waals surface area contributed by atoms with Crippen LogP contribution in [0.4, 0.5) is 20.2 Å². The zero-order valence-electron chi connectivity index (χ0n) is 14.1. The Bertz CT molecular complexity index is 1050. The second-order valence-electron chi connectivity index (χ2n) is 5.56. The number of nitro benzene ring substituents is 1. The first-order valence-corrected chi connectivity index (χ1v) is 7.85. The van der Waals surface area contributed by atoms with E-state index in [1.165, 1.54) is 6.07 Å². The summed E-state index contributed by atoms with van der Waals surface area (Å²) in [7, 11) is 0. The second-order valence-corrected chi connectivity index (χ2v) is 5.56. The highest BCUT2D eigenvalue weighted by atomic mass is 19.1. The van der Waals surface area contributed by atoms with E-state index in [1.54, 1.807) is 6.07 Å². The van der Waals surface area contributed by atoms with Gasteiger partial charge in [-0.15, -0.1) is 0 Å². The van der Waals surface area contributed by atoms with Crippen LogP contribution in [-0.4, -0.2) is 24.0 Å². The Morgan fingerprint density at radius 2 is 1.89 bits per heavy atom. The number of carbonyl (C=O) groups excluding carboxylic acids is 1. The number of fused-ring (bicyclic) bond motifs is 1. The molecule has 142 valence electrons. The first-order valence-electron chi connectivity index (χ1n) is 7.85. The molecular weight excluding hydrogens is 376 g/mol. The predicted molar refractivity (Wildman–Crippen MR) is 92.7 cm³/mol. The molecule has 0 atom stereocenters. The van der Waals surface area contributed by atoms with Crippen molar-refractivity contribution < 1.29 is 28.0 Å². The fourth-order valence-corrected chi connectivity index (χ4v) is 2.45. The number of hydrogen-bond acceptors (Lipinski definition) is 6. The first kappa shape index (κ1) is 18.8. The van der Waals surface area contributed by atoms with E-state index >= 15 is 0 Å². The van der Waals surface area contributed by atoms with Gasteiger partial charge in [0.05, 0.1) is 11.0 Å². The van der Waals surface area contributed by atoms with E-state index < -0.39 is 33.7 Å². The zero-order chi connectivity index (χ0) is 20.3. The molecule has 28 heavy (non-hydrogen) atoms. The largest absolute Gasteiger partial charge is 0.486 e. The number of rotatable bonds is 4. The van der Waals surface area contributed by atoms with Crippen LogP contribution in [0.25, 0.3) is 6.08 Å². The lowest BCUT2D eigenvalue weighted by Crippen LogP contribution is -2.18. The molecule has 3 rings (SSSR count). The Labute approximate surface area is 156 Å². The van der Waals surface area contributed by atoms with Gasteiger partial charge in [-0.1, -0.05) is 0 Å². The monoisotopic (exact) mass is 387 g/mol. The number of nitrogens with zero attached hydrogens (tertiary/aromatic N) is 2. The summed E-state index contributed by atoms with van der Waals surface area (Å²) in [5.74, 6) is -2.30. The average Bonchev–Trinajstić information content (AvgIpc) is 2.67. The van der Waals surface area contributed by atoms with Crippen molar-refractivity contribution in [2.24, 2.45) is 0 Å². The maximum Gasteiger partial charge on any atom is 0.296 e. The highest BCUT2D eigenvalue weighted by Gasteiger charge is 2.24. The third kappa shape index (κ3) is 3.88.